The fourth-order valence-corrected chi connectivity index (χ4v) is 4.92. The average Bonchev–Trinajstić information content (AvgIpc) is 3.17. The lowest BCUT2D eigenvalue weighted by atomic mass is 9.86. The number of nitrogens with one attached hydrogen (secondary N) is 1. The molecule has 1 fully saturated rings. The second-order valence-electron chi connectivity index (χ2n) is 8.79. The van der Waals surface area contributed by atoms with Crippen LogP contribution in [0.15, 0.2) is 29.4 Å². The molecule has 1 saturated carbocycles. The lowest BCUT2D eigenvalue weighted by Crippen LogP contribution is -2.41. The number of rotatable bonds is 9. The highest BCUT2D eigenvalue weighted by atomic mass is 32.2. The molecule has 0 spiro atoms. The van der Waals surface area contributed by atoms with E-state index in [0.29, 0.717) is 23.6 Å². The van der Waals surface area contributed by atoms with Crippen LogP contribution in [0, 0.1) is 5.92 Å². The molecule has 3 rings (SSSR count). The van der Waals surface area contributed by atoms with Crippen molar-refractivity contribution in [2.24, 2.45) is 5.92 Å². The first-order chi connectivity index (χ1) is 14.9. The number of carbonyl (C=O) groups is 1. The smallest absolute Gasteiger partial charge is 0.230 e. The summed E-state index contributed by atoms with van der Waals surface area (Å²) in [4.78, 5) is 12.5. The Kier molecular flexibility index (Phi) is 8.41. The second kappa shape index (κ2) is 11.0. The second-order valence-corrected chi connectivity index (χ2v) is 9.74. The van der Waals surface area contributed by atoms with E-state index >= 15 is 0 Å². The number of amides is 1. The van der Waals surface area contributed by atoms with Crippen molar-refractivity contribution in [3.8, 4) is 5.75 Å². The van der Waals surface area contributed by atoms with Crippen LogP contribution in [-0.2, 0) is 11.3 Å². The third-order valence-corrected chi connectivity index (χ3v) is 7.04. The van der Waals surface area contributed by atoms with Crippen molar-refractivity contribution in [1.29, 1.82) is 0 Å². The van der Waals surface area contributed by atoms with Crippen molar-refractivity contribution in [3.63, 3.8) is 0 Å². The molecule has 1 aliphatic rings. The summed E-state index contributed by atoms with van der Waals surface area (Å²) in [7, 11) is 0. The summed E-state index contributed by atoms with van der Waals surface area (Å²) >= 11 is 1.44. The van der Waals surface area contributed by atoms with Crippen molar-refractivity contribution in [3.05, 3.63) is 35.7 Å². The predicted molar refractivity (Wildman–Crippen MR) is 126 cm³/mol. The van der Waals surface area contributed by atoms with Crippen LogP contribution >= 0.6 is 11.8 Å². The van der Waals surface area contributed by atoms with Crippen molar-refractivity contribution in [1.82, 2.24) is 20.1 Å². The standard InChI is InChI=1S/C24H36N4O2S/c1-6-28-23(18(5)30-20-13-11-19(12-14-20)16(2)3)26-27-24(28)31-15-22(29)25-21-10-8-7-9-17(21)4/h11-14,16-18,21H,6-10,15H2,1-5H3,(H,25,29). The molecule has 170 valence electrons. The van der Waals surface area contributed by atoms with Gasteiger partial charge >= 0.3 is 0 Å². The van der Waals surface area contributed by atoms with Gasteiger partial charge in [-0.3, -0.25) is 4.79 Å². The van der Waals surface area contributed by atoms with Crippen LogP contribution in [-0.4, -0.2) is 32.5 Å². The fraction of sp³-hybridized carbons (Fsp3) is 0.625. The SMILES string of the molecule is CCn1c(SCC(=O)NC2CCCCC2C)nnc1C(C)Oc1ccc(C(C)C)cc1. The van der Waals surface area contributed by atoms with Crippen molar-refractivity contribution in [2.75, 3.05) is 5.75 Å². The minimum absolute atomic E-state index is 0.0745. The zero-order valence-corrected chi connectivity index (χ0v) is 20.2. The summed E-state index contributed by atoms with van der Waals surface area (Å²) < 4.78 is 8.15. The van der Waals surface area contributed by atoms with Gasteiger partial charge in [-0.05, 0) is 56.2 Å². The van der Waals surface area contributed by atoms with Crippen molar-refractivity contribution in [2.45, 2.75) is 90.1 Å². The van der Waals surface area contributed by atoms with E-state index in [1.165, 1.54) is 36.6 Å². The van der Waals surface area contributed by atoms with Gasteiger partial charge in [0.2, 0.25) is 5.91 Å². The molecular weight excluding hydrogens is 408 g/mol. The molecule has 0 saturated heterocycles. The van der Waals surface area contributed by atoms with Gasteiger partial charge in [0.1, 0.15) is 5.75 Å². The third kappa shape index (κ3) is 6.25. The van der Waals surface area contributed by atoms with E-state index in [4.69, 9.17) is 4.74 Å². The molecule has 3 unspecified atom stereocenters. The summed E-state index contributed by atoms with van der Waals surface area (Å²) in [5.41, 5.74) is 1.29. The van der Waals surface area contributed by atoms with Gasteiger partial charge in [-0.2, -0.15) is 0 Å². The van der Waals surface area contributed by atoms with E-state index in [2.05, 4.69) is 55.3 Å². The normalized spacial score (nSPS) is 19.9. The molecule has 31 heavy (non-hydrogen) atoms. The number of benzene rings is 1. The third-order valence-electron chi connectivity index (χ3n) is 6.08. The van der Waals surface area contributed by atoms with E-state index < -0.39 is 0 Å². The fourth-order valence-electron chi connectivity index (χ4n) is 4.10. The van der Waals surface area contributed by atoms with Crippen LogP contribution < -0.4 is 10.1 Å². The first-order valence-electron chi connectivity index (χ1n) is 11.5. The van der Waals surface area contributed by atoms with E-state index in [-0.39, 0.29) is 12.0 Å². The Morgan fingerprint density at radius 1 is 1.19 bits per heavy atom. The maximum Gasteiger partial charge on any atom is 0.230 e. The highest BCUT2D eigenvalue weighted by Gasteiger charge is 2.24. The van der Waals surface area contributed by atoms with Gasteiger partial charge in [-0.25, -0.2) is 0 Å². The van der Waals surface area contributed by atoms with Crippen LogP contribution in [0.5, 0.6) is 5.75 Å². The first-order valence-corrected chi connectivity index (χ1v) is 12.5. The minimum Gasteiger partial charge on any atom is -0.483 e. The summed E-state index contributed by atoms with van der Waals surface area (Å²) in [5, 5.41) is 12.7. The van der Waals surface area contributed by atoms with Crippen LogP contribution in [0.4, 0.5) is 0 Å². The molecule has 1 heterocycles. The first kappa shape index (κ1) is 23.6. The highest BCUT2D eigenvalue weighted by Crippen LogP contribution is 2.27. The largest absolute Gasteiger partial charge is 0.483 e. The zero-order valence-electron chi connectivity index (χ0n) is 19.4. The number of thioether (sulfide) groups is 1. The van der Waals surface area contributed by atoms with Gasteiger partial charge in [0.05, 0.1) is 5.75 Å². The highest BCUT2D eigenvalue weighted by molar-refractivity contribution is 7.99. The molecule has 6 nitrogen and oxygen atoms in total. The van der Waals surface area contributed by atoms with Gasteiger partial charge in [-0.15, -0.1) is 10.2 Å². The Morgan fingerprint density at radius 3 is 2.55 bits per heavy atom. The van der Waals surface area contributed by atoms with Gasteiger partial charge in [0.25, 0.3) is 0 Å². The Labute approximate surface area is 190 Å². The Morgan fingerprint density at radius 2 is 1.90 bits per heavy atom. The molecule has 1 N–H and O–H groups in total. The Bertz CT molecular complexity index is 850. The van der Waals surface area contributed by atoms with Gasteiger partial charge in [-0.1, -0.05) is 57.5 Å². The summed E-state index contributed by atoms with van der Waals surface area (Å²) in [6.07, 6.45) is 4.52. The van der Waals surface area contributed by atoms with Crippen molar-refractivity contribution >= 4 is 17.7 Å². The quantitative estimate of drug-likeness (QED) is 0.528. The lowest BCUT2D eigenvalue weighted by Gasteiger charge is -2.29. The monoisotopic (exact) mass is 444 g/mol. The Hall–Kier alpha value is -2.02. The van der Waals surface area contributed by atoms with Gasteiger partial charge in [0, 0.05) is 12.6 Å². The van der Waals surface area contributed by atoms with E-state index in [1.54, 1.807) is 0 Å². The predicted octanol–water partition coefficient (Wildman–Crippen LogP) is 5.35. The van der Waals surface area contributed by atoms with Gasteiger partial charge < -0.3 is 14.6 Å². The molecule has 0 aliphatic heterocycles. The molecule has 1 aromatic heterocycles. The van der Waals surface area contributed by atoms with E-state index in [1.807, 2.05) is 23.6 Å². The molecule has 1 amide bonds. The Balaban J connectivity index is 1.58. The maximum atomic E-state index is 12.5. The number of hydrogen-bond acceptors (Lipinski definition) is 5. The number of nitrogens with zero attached hydrogens (tertiary/aromatic N) is 3. The van der Waals surface area contributed by atoms with Crippen LogP contribution in [0.25, 0.3) is 0 Å². The summed E-state index contributed by atoms with van der Waals surface area (Å²) in [5.74, 6) is 3.07. The minimum atomic E-state index is -0.233. The topological polar surface area (TPSA) is 69.0 Å². The molecule has 3 atom stereocenters. The summed E-state index contributed by atoms with van der Waals surface area (Å²) in [6, 6.07) is 8.52. The number of carbonyl (C=O) groups excluding carboxylic acids is 1. The molecule has 7 heteroatoms. The van der Waals surface area contributed by atoms with Crippen LogP contribution in [0.2, 0.25) is 0 Å². The molecular formula is C24H36N4O2S. The molecule has 1 aromatic carbocycles. The zero-order chi connectivity index (χ0) is 22.4. The van der Waals surface area contributed by atoms with Crippen LogP contribution in [0.1, 0.15) is 83.7 Å². The molecule has 2 aromatic rings. The maximum absolute atomic E-state index is 12.5. The molecule has 0 radical (unpaired) electrons. The number of hydrogen-bond donors (Lipinski definition) is 1. The van der Waals surface area contributed by atoms with E-state index in [0.717, 1.165) is 29.7 Å². The molecule has 0 bridgehead atoms. The number of ether oxygens (including phenoxy) is 1. The van der Waals surface area contributed by atoms with Gasteiger partial charge in [0.15, 0.2) is 17.1 Å². The summed E-state index contributed by atoms with van der Waals surface area (Å²) in [6.45, 7) is 11.4. The lowest BCUT2D eigenvalue weighted by molar-refractivity contribution is -0.119. The average molecular weight is 445 g/mol. The van der Waals surface area contributed by atoms with E-state index in [9.17, 15) is 4.79 Å². The van der Waals surface area contributed by atoms with Crippen LogP contribution in [0.3, 0.4) is 0 Å². The molecule has 1 aliphatic carbocycles. The number of aromatic nitrogens is 3. The van der Waals surface area contributed by atoms with Crippen molar-refractivity contribution < 1.29 is 9.53 Å².